The summed E-state index contributed by atoms with van der Waals surface area (Å²) < 4.78 is 1.12. The molecule has 2 heteroatoms. The monoisotopic (exact) mass is 253 g/mol. The van der Waals surface area contributed by atoms with E-state index in [1.807, 2.05) is 0 Å². The molecule has 0 radical (unpaired) electrons. The molecule has 0 fully saturated rings. The molecule has 0 N–H and O–H groups in total. The fourth-order valence-electron chi connectivity index (χ4n) is 1.21. The predicted octanol–water partition coefficient (Wildman–Crippen LogP) is 3.76. The first kappa shape index (κ1) is 11.3. The van der Waals surface area contributed by atoms with E-state index in [1.54, 1.807) is 0 Å². The molecule has 0 amide bonds. The van der Waals surface area contributed by atoms with Crippen LogP contribution < -0.4 is 0 Å². The Balaban J connectivity index is 2.55. The number of hydrogen-bond donors (Lipinski definition) is 0. The van der Waals surface area contributed by atoms with Crippen molar-refractivity contribution in [2.45, 2.75) is 13.3 Å². The zero-order valence-corrected chi connectivity index (χ0v) is 10.3. The highest BCUT2D eigenvalue weighted by Crippen LogP contribution is 2.11. The van der Waals surface area contributed by atoms with E-state index in [0.717, 1.165) is 11.0 Å². The van der Waals surface area contributed by atoms with E-state index in [9.17, 15) is 0 Å². The van der Waals surface area contributed by atoms with Crippen LogP contribution in [0.25, 0.3) is 6.08 Å². The van der Waals surface area contributed by atoms with Crippen LogP contribution in [-0.2, 0) is 0 Å². The molecule has 0 aliphatic heterocycles. The Bertz CT molecular complexity index is 290. The lowest BCUT2D eigenvalue weighted by atomic mass is 10.2. The molecule has 14 heavy (non-hydrogen) atoms. The maximum Gasteiger partial charge on any atom is 0.0175 e. The predicted molar refractivity (Wildman–Crippen MR) is 66.1 cm³/mol. The normalized spacial score (nSPS) is 10.8. The van der Waals surface area contributed by atoms with Crippen LogP contribution >= 0.6 is 15.9 Å². The van der Waals surface area contributed by atoms with Crippen LogP contribution in [0.15, 0.2) is 34.9 Å². The van der Waals surface area contributed by atoms with Crippen molar-refractivity contribution in [3.05, 3.63) is 40.5 Å². The molecule has 0 aromatic heterocycles. The van der Waals surface area contributed by atoms with Crippen molar-refractivity contribution in [2.24, 2.45) is 0 Å². The highest BCUT2D eigenvalue weighted by Gasteiger charge is 1.89. The summed E-state index contributed by atoms with van der Waals surface area (Å²) in [5.41, 5.74) is 1.23. The first-order valence-electron chi connectivity index (χ1n) is 4.86. The van der Waals surface area contributed by atoms with Crippen LogP contribution in [0.4, 0.5) is 0 Å². The van der Waals surface area contributed by atoms with Crippen molar-refractivity contribution in [1.82, 2.24) is 4.90 Å². The summed E-state index contributed by atoms with van der Waals surface area (Å²) in [5.74, 6) is 0. The minimum atomic E-state index is 1.10. The zero-order chi connectivity index (χ0) is 10.4. The van der Waals surface area contributed by atoms with E-state index in [2.05, 4.69) is 71.3 Å². The van der Waals surface area contributed by atoms with Gasteiger partial charge in [0.2, 0.25) is 0 Å². The van der Waals surface area contributed by atoms with Crippen molar-refractivity contribution < 1.29 is 0 Å². The van der Waals surface area contributed by atoms with Gasteiger partial charge in [-0.25, -0.2) is 0 Å². The first-order chi connectivity index (χ1) is 6.72. The highest BCUT2D eigenvalue weighted by molar-refractivity contribution is 9.10. The lowest BCUT2D eigenvalue weighted by Gasteiger charge is -2.11. The minimum absolute atomic E-state index is 1.10. The summed E-state index contributed by atoms with van der Waals surface area (Å²) in [4.78, 5) is 2.20. The number of halogens is 1. The molecular weight excluding hydrogens is 238 g/mol. The van der Waals surface area contributed by atoms with Crippen molar-refractivity contribution in [3.63, 3.8) is 0 Å². The lowest BCUT2D eigenvalue weighted by molar-refractivity contribution is 0.457. The second-order valence-corrected chi connectivity index (χ2v) is 4.26. The van der Waals surface area contributed by atoms with E-state index in [4.69, 9.17) is 0 Å². The van der Waals surface area contributed by atoms with Crippen LogP contribution in [0.3, 0.4) is 0 Å². The summed E-state index contributed by atoms with van der Waals surface area (Å²) in [6.07, 6.45) is 5.43. The molecule has 1 nitrogen and oxygen atoms in total. The van der Waals surface area contributed by atoms with Gasteiger partial charge in [-0.3, -0.25) is 0 Å². The Morgan fingerprint density at radius 2 is 1.93 bits per heavy atom. The SMILES string of the molecule is CCCN(C)/C=C/c1ccc(Br)cc1. The standard InChI is InChI=1S/C12H16BrN/c1-3-9-14(2)10-8-11-4-6-12(13)7-5-11/h4-8,10H,3,9H2,1-2H3/b10-8+. The molecule has 0 saturated heterocycles. The topological polar surface area (TPSA) is 3.24 Å². The van der Waals surface area contributed by atoms with Gasteiger partial charge in [-0.2, -0.15) is 0 Å². The van der Waals surface area contributed by atoms with Crippen molar-refractivity contribution in [3.8, 4) is 0 Å². The van der Waals surface area contributed by atoms with Gasteiger partial charge in [-0.05, 0) is 36.4 Å². The molecule has 1 aromatic carbocycles. The Kier molecular flexibility index (Phi) is 4.74. The third-order valence-electron chi connectivity index (χ3n) is 1.97. The number of hydrogen-bond acceptors (Lipinski definition) is 1. The molecule has 0 spiro atoms. The third-order valence-corrected chi connectivity index (χ3v) is 2.50. The molecule has 0 aliphatic carbocycles. The van der Waals surface area contributed by atoms with Gasteiger partial charge in [-0.1, -0.05) is 35.0 Å². The summed E-state index contributed by atoms with van der Waals surface area (Å²) in [7, 11) is 2.10. The Morgan fingerprint density at radius 3 is 2.50 bits per heavy atom. The van der Waals surface area contributed by atoms with Gasteiger partial charge in [0.05, 0.1) is 0 Å². The number of nitrogens with zero attached hydrogens (tertiary/aromatic N) is 1. The number of rotatable bonds is 4. The highest BCUT2D eigenvalue weighted by atomic mass is 79.9. The maximum atomic E-state index is 3.42. The molecule has 76 valence electrons. The van der Waals surface area contributed by atoms with Gasteiger partial charge in [0.25, 0.3) is 0 Å². The van der Waals surface area contributed by atoms with Crippen molar-refractivity contribution >= 4 is 22.0 Å². The average molecular weight is 254 g/mol. The van der Waals surface area contributed by atoms with Crippen molar-refractivity contribution in [1.29, 1.82) is 0 Å². The molecule has 0 aliphatic rings. The lowest BCUT2D eigenvalue weighted by Crippen LogP contribution is -2.10. The molecule has 0 atom stereocenters. The van der Waals surface area contributed by atoms with E-state index in [-0.39, 0.29) is 0 Å². The molecule has 0 unspecified atom stereocenters. The van der Waals surface area contributed by atoms with E-state index in [0.29, 0.717) is 0 Å². The molecule has 1 aromatic rings. The maximum absolute atomic E-state index is 3.42. The summed E-state index contributed by atoms with van der Waals surface area (Å²) >= 11 is 3.42. The van der Waals surface area contributed by atoms with Crippen LogP contribution in [-0.4, -0.2) is 18.5 Å². The van der Waals surface area contributed by atoms with Gasteiger partial charge in [0, 0.05) is 18.1 Å². The van der Waals surface area contributed by atoms with E-state index < -0.39 is 0 Å². The Hall–Kier alpha value is -0.760. The largest absolute Gasteiger partial charge is 0.380 e. The fraction of sp³-hybridized carbons (Fsp3) is 0.333. The number of benzene rings is 1. The molecule has 0 bridgehead atoms. The zero-order valence-electron chi connectivity index (χ0n) is 8.70. The smallest absolute Gasteiger partial charge is 0.0175 e. The summed E-state index contributed by atoms with van der Waals surface area (Å²) in [5, 5.41) is 0. The minimum Gasteiger partial charge on any atom is -0.380 e. The molecule has 1 rings (SSSR count). The van der Waals surface area contributed by atoms with Crippen LogP contribution in [0.5, 0.6) is 0 Å². The average Bonchev–Trinajstić information content (AvgIpc) is 2.17. The van der Waals surface area contributed by atoms with Crippen LogP contribution in [0.1, 0.15) is 18.9 Å². The van der Waals surface area contributed by atoms with Gasteiger partial charge in [-0.15, -0.1) is 0 Å². The second kappa shape index (κ2) is 5.86. The molecule has 0 saturated carbocycles. The van der Waals surface area contributed by atoms with E-state index in [1.165, 1.54) is 12.0 Å². The Morgan fingerprint density at radius 1 is 1.29 bits per heavy atom. The van der Waals surface area contributed by atoms with E-state index >= 15 is 0 Å². The van der Waals surface area contributed by atoms with Gasteiger partial charge >= 0.3 is 0 Å². The van der Waals surface area contributed by atoms with Crippen molar-refractivity contribution in [2.75, 3.05) is 13.6 Å². The Labute approximate surface area is 94.6 Å². The fourth-order valence-corrected chi connectivity index (χ4v) is 1.48. The first-order valence-corrected chi connectivity index (χ1v) is 5.65. The molecular formula is C12H16BrN. The summed E-state index contributed by atoms with van der Waals surface area (Å²) in [6.45, 7) is 3.29. The second-order valence-electron chi connectivity index (χ2n) is 3.35. The summed E-state index contributed by atoms with van der Waals surface area (Å²) in [6, 6.07) is 8.31. The third kappa shape index (κ3) is 3.97. The van der Waals surface area contributed by atoms with Gasteiger partial charge < -0.3 is 4.90 Å². The quantitative estimate of drug-likeness (QED) is 0.790. The van der Waals surface area contributed by atoms with Gasteiger partial charge in [0.1, 0.15) is 0 Å². The van der Waals surface area contributed by atoms with Gasteiger partial charge in [0.15, 0.2) is 0 Å². The van der Waals surface area contributed by atoms with Crippen LogP contribution in [0, 0.1) is 0 Å². The molecule has 0 heterocycles. The van der Waals surface area contributed by atoms with Crippen LogP contribution in [0.2, 0.25) is 0 Å².